The number of anilines is 1. The van der Waals surface area contributed by atoms with E-state index in [0.717, 1.165) is 21.3 Å². The standard InChI is InChI=1S/C23H14N6S/c1-13-6-2-3-7-14(13)20-15(10-24)21(29-22(27)16(20)11-25)17(12-26)23-28-18-8-4-5-9-19(18)30-23/h2-9,17H,1H3,(H2,27,29)/p+1/t17-/m1/s1. The highest BCUT2D eigenvalue weighted by atomic mass is 32.1. The average Bonchev–Trinajstić information content (AvgIpc) is 3.18. The molecule has 2 heterocycles. The fourth-order valence-electron chi connectivity index (χ4n) is 3.49. The maximum Gasteiger partial charge on any atom is 0.289 e. The molecule has 0 unspecified atom stereocenters. The van der Waals surface area contributed by atoms with E-state index in [1.54, 1.807) is 0 Å². The average molecular weight is 407 g/mol. The van der Waals surface area contributed by atoms with Crippen molar-refractivity contribution in [1.82, 2.24) is 4.98 Å². The van der Waals surface area contributed by atoms with Crippen LogP contribution >= 0.6 is 11.3 Å². The number of benzene rings is 2. The van der Waals surface area contributed by atoms with E-state index in [1.807, 2.05) is 55.5 Å². The summed E-state index contributed by atoms with van der Waals surface area (Å²) in [4.78, 5) is 7.54. The number of aryl methyl sites for hydroxylation is 1. The molecule has 7 heteroatoms. The molecule has 4 aromatic rings. The topological polar surface area (TPSA) is 124 Å². The van der Waals surface area contributed by atoms with E-state index >= 15 is 0 Å². The first-order valence-corrected chi connectivity index (χ1v) is 9.90. The molecule has 142 valence electrons. The van der Waals surface area contributed by atoms with Crippen LogP contribution in [-0.2, 0) is 0 Å². The van der Waals surface area contributed by atoms with Gasteiger partial charge in [-0.15, -0.1) is 11.3 Å². The van der Waals surface area contributed by atoms with Crippen molar-refractivity contribution in [3.05, 3.63) is 75.9 Å². The molecular formula is C23H15N6S+. The summed E-state index contributed by atoms with van der Waals surface area (Å²) in [5, 5.41) is 30.3. The number of hydrogen-bond donors (Lipinski definition) is 1. The first-order chi connectivity index (χ1) is 14.6. The summed E-state index contributed by atoms with van der Waals surface area (Å²) < 4.78 is 0.951. The van der Waals surface area contributed by atoms with Crippen molar-refractivity contribution in [2.45, 2.75) is 12.8 Å². The van der Waals surface area contributed by atoms with Crippen LogP contribution in [-0.4, -0.2) is 4.98 Å². The Kier molecular flexibility index (Phi) is 4.86. The molecule has 0 aliphatic carbocycles. The van der Waals surface area contributed by atoms with Gasteiger partial charge in [0.05, 0.1) is 16.3 Å². The van der Waals surface area contributed by atoms with Gasteiger partial charge in [0.1, 0.15) is 34.0 Å². The molecule has 0 aliphatic heterocycles. The number of nitrogens with zero attached hydrogens (tertiary/aromatic N) is 4. The molecule has 30 heavy (non-hydrogen) atoms. The van der Waals surface area contributed by atoms with Crippen LogP contribution in [0.2, 0.25) is 0 Å². The lowest BCUT2D eigenvalue weighted by atomic mass is 9.89. The third-order valence-corrected chi connectivity index (χ3v) is 6.02. The Morgan fingerprint density at radius 3 is 2.37 bits per heavy atom. The van der Waals surface area contributed by atoms with Crippen LogP contribution in [0.15, 0.2) is 48.5 Å². The highest BCUT2D eigenvalue weighted by molar-refractivity contribution is 7.18. The van der Waals surface area contributed by atoms with Gasteiger partial charge in [0, 0.05) is 5.56 Å². The number of nitrogen functional groups attached to an aromatic ring is 1. The highest BCUT2D eigenvalue weighted by Gasteiger charge is 2.31. The molecule has 1 atom stereocenters. The number of nitrogens with two attached hydrogens (primary N) is 1. The Labute approximate surface area is 177 Å². The van der Waals surface area contributed by atoms with Gasteiger partial charge in [-0.1, -0.05) is 36.4 Å². The van der Waals surface area contributed by atoms with Crippen LogP contribution in [0.5, 0.6) is 0 Å². The number of pyridine rings is 1. The van der Waals surface area contributed by atoms with Crippen LogP contribution in [0.4, 0.5) is 5.82 Å². The van der Waals surface area contributed by atoms with Crippen molar-refractivity contribution in [2.24, 2.45) is 0 Å². The predicted octanol–water partition coefficient (Wildman–Crippen LogP) is 4.07. The van der Waals surface area contributed by atoms with E-state index < -0.39 is 5.92 Å². The minimum Gasteiger partial charge on any atom is -0.286 e. The molecular weight excluding hydrogens is 392 g/mol. The number of hydrogen-bond acceptors (Lipinski definition) is 6. The summed E-state index contributed by atoms with van der Waals surface area (Å²) >= 11 is 1.40. The second-order valence-corrected chi connectivity index (χ2v) is 7.76. The number of nitriles is 3. The molecule has 0 radical (unpaired) electrons. The van der Waals surface area contributed by atoms with Crippen molar-refractivity contribution >= 4 is 27.4 Å². The molecule has 6 nitrogen and oxygen atoms in total. The summed E-state index contributed by atoms with van der Waals surface area (Å²) in [6.45, 7) is 1.90. The van der Waals surface area contributed by atoms with Gasteiger partial charge < -0.3 is 0 Å². The lowest BCUT2D eigenvalue weighted by Gasteiger charge is -2.14. The van der Waals surface area contributed by atoms with Crippen LogP contribution < -0.4 is 10.7 Å². The molecule has 0 aliphatic rings. The van der Waals surface area contributed by atoms with E-state index in [-0.39, 0.29) is 16.9 Å². The molecule has 0 bridgehead atoms. The number of aromatic amines is 1. The zero-order valence-electron chi connectivity index (χ0n) is 16.0. The van der Waals surface area contributed by atoms with Crippen molar-refractivity contribution in [3.63, 3.8) is 0 Å². The monoisotopic (exact) mass is 407 g/mol. The third-order valence-electron chi connectivity index (χ3n) is 4.92. The molecule has 0 fully saturated rings. The van der Waals surface area contributed by atoms with Gasteiger partial charge in [-0.3, -0.25) is 5.73 Å². The summed E-state index contributed by atoms with van der Waals surface area (Å²) in [5.41, 5.74) is 9.78. The lowest BCUT2D eigenvalue weighted by molar-refractivity contribution is -0.373. The maximum absolute atomic E-state index is 10.0. The zero-order chi connectivity index (χ0) is 21.3. The van der Waals surface area contributed by atoms with Gasteiger partial charge in [0.2, 0.25) is 0 Å². The Morgan fingerprint density at radius 1 is 1.00 bits per heavy atom. The molecule has 0 amide bonds. The smallest absolute Gasteiger partial charge is 0.286 e. The molecule has 0 saturated heterocycles. The zero-order valence-corrected chi connectivity index (χ0v) is 16.8. The van der Waals surface area contributed by atoms with E-state index in [9.17, 15) is 15.8 Å². The number of fused-ring (bicyclic) bond motifs is 1. The van der Waals surface area contributed by atoms with Gasteiger partial charge in [0.15, 0.2) is 5.92 Å². The second kappa shape index (κ2) is 7.64. The van der Waals surface area contributed by atoms with Crippen molar-refractivity contribution in [3.8, 4) is 29.3 Å². The van der Waals surface area contributed by atoms with E-state index in [1.165, 1.54) is 11.3 Å². The summed E-state index contributed by atoms with van der Waals surface area (Å²) in [5.74, 6) is -0.707. The van der Waals surface area contributed by atoms with Gasteiger partial charge in [0.25, 0.3) is 5.82 Å². The first-order valence-electron chi connectivity index (χ1n) is 9.09. The molecule has 3 N–H and O–H groups in total. The SMILES string of the molecule is Cc1ccccc1-c1c(C#N)c(N)[nH+]c([C@@H](C#N)c2nc3ccccc3s2)c1C#N. The quantitative estimate of drug-likeness (QED) is 0.548. The number of thiazole rings is 1. The largest absolute Gasteiger partial charge is 0.289 e. The van der Waals surface area contributed by atoms with Crippen LogP contribution in [0.3, 0.4) is 0 Å². The number of para-hydroxylation sites is 1. The Hall–Kier alpha value is -4.25. The molecule has 2 aromatic heterocycles. The summed E-state index contributed by atoms with van der Waals surface area (Å²) in [6.07, 6.45) is 0. The number of aromatic nitrogens is 2. The van der Waals surface area contributed by atoms with Gasteiger partial charge in [-0.25, -0.2) is 9.97 Å². The van der Waals surface area contributed by atoms with Crippen LogP contribution in [0.25, 0.3) is 21.3 Å². The van der Waals surface area contributed by atoms with Gasteiger partial charge in [-0.05, 0) is 30.2 Å². The maximum atomic E-state index is 10.0. The van der Waals surface area contributed by atoms with Gasteiger partial charge >= 0.3 is 0 Å². The van der Waals surface area contributed by atoms with Gasteiger partial charge in [-0.2, -0.15) is 15.8 Å². The number of rotatable bonds is 3. The third kappa shape index (κ3) is 3.02. The van der Waals surface area contributed by atoms with E-state index in [4.69, 9.17) is 5.73 Å². The van der Waals surface area contributed by atoms with Crippen molar-refractivity contribution in [2.75, 3.05) is 5.73 Å². The summed E-state index contributed by atoms with van der Waals surface area (Å²) in [6, 6.07) is 21.6. The highest BCUT2D eigenvalue weighted by Crippen LogP contribution is 2.37. The summed E-state index contributed by atoms with van der Waals surface area (Å²) in [7, 11) is 0. The minimum absolute atomic E-state index is 0.117. The molecule has 0 spiro atoms. The Morgan fingerprint density at radius 2 is 1.70 bits per heavy atom. The molecule has 0 saturated carbocycles. The number of nitrogens with one attached hydrogen (secondary N) is 1. The van der Waals surface area contributed by atoms with E-state index in [0.29, 0.717) is 16.3 Å². The minimum atomic E-state index is -0.824. The Bertz CT molecular complexity index is 1380. The van der Waals surface area contributed by atoms with Crippen molar-refractivity contribution in [1.29, 1.82) is 15.8 Å². The molecule has 4 rings (SSSR count). The fraction of sp³-hybridized carbons (Fsp3) is 0.0870. The second-order valence-electron chi connectivity index (χ2n) is 6.70. The molecule has 2 aromatic carbocycles. The fourth-order valence-corrected chi connectivity index (χ4v) is 4.52. The normalized spacial score (nSPS) is 11.4. The van der Waals surface area contributed by atoms with Crippen molar-refractivity contribution < 1.29 is 4.98 Å². The predicted molar refractivity (Wildman–Crippen MR) is 114 cm³/mol. The number of H-pyrrole nitrogens is 1. The Balaban J connectivity index is 2.03. The van der Waals surface area contributed by atoms with E-state index in [2.05, 4.69) is 28.2 Å². The van der Waals surface area contributed by atoms with Crippen LogP contribution in [0, 0.1) is 40.9 Å². The van der Waals surface area contributed by atoms with Crippen LogP contribution in [0.1, 0.15) is 33.3 Å². The lowest BCUT2D eigenvalue weighted by Crippen LogP contribution is -2.24. The first kappa shape index (κ1) is 19.1.